The first kappa shape index (κ1) is 40.9. The van der Waals surface area contributed by atoms with Crippen molar-refractivity contribution >= 4 is 78.5 Å². The molecule has 0 atom stereocenters. The second-order valence-corrected chi connectivity index (χ2v) is 16.4. The minimum atomic E-state index is -0.396. The summed E-state index contributed by atoms with van der Waals surface area (Å²) >= 11 is 0. The lowest BCUT2D eigenvalue weighted by Gasteiger charge is -2.26. The van der Waals surface area contributed by atoms with E-state index in [0.717, 1.165) is 51.1 Å². The van der Waals surface area contributed by atoms with Crippen LogP contribution in [0.25, 0.3) is 67.1 Å². The number of nitro benzene ring substituents is 1. The fraction of sp³-hybridized carbons (Fsp3) is 0.0508. The quantitative estimate of drug-likeness (QED) is 0.0471. The van der Waals surface area contributed by atoms with E-state index in [1.54, 1.807) is 12.1 Å². The zero-order valence-corrected chi connectivity index (χ0v) is 36.5. The van der Waals surface area contributed by atoms with Crippen molar-refractivity contribution in [2.45, 2.75) is 6.42 Å². The normalized spacial score (nSPS) is 11.5. The smallest absolute Gasteiger partial charge is 0.269 e. The zero-order valence-electron chi connectivity index (χ0n) is 36.5. The van der Waals surface area contributed by atoms with Crippen LogP contribution in [0.15, 0.2) is 218 Å². The summed E-state index contributed by atoms with van der Waals surface area (Å²) in [4.78, 5) is 12.8. The fourth-order valence-corrected chi connectivity index (χ4v) is 9.06. The summed E-state index contributed by atoms with van der Waals surface area (Å²) in [6.07, 6.45) is 4.61. The average molecular weight is 873 g/mol. The molecule has 8 heteroatoms. The lowest BCUT2D eigenvalue weighted by Crippen LogP contribution is -2.10. The van der Waals surface area contributed by atoms with Gasteiger partial charge in [0.15, 0.2) is 0 Å². The van der Waals surface area contributed by atoms with Crippen molar-refractivity contribution in [3.8, 4) is 22.9 Å². The van der Waals surface area contributed by atoms with Crippen LogP contribution in [0, 0.1) is 10.1 Å². The van der Waals surface area contributed by atoms with Gasteiger partial charge in [-0.1, -0.05) is 97.1 Å². The maximum atomic E-state index is 10.9. The zero-order chi connectivity index (χ0) is 45.1. The first-order valence-corrected chi connectivity index (χ1v) is 22.4. The third-order valence-electron chi connectivity index (χ3n) is 12.3. The predicted octanol–water partition coefficient (Wildman–Crippen LogP) is 15.3. The Morgan fingerprint density at radius 2 is 0.746 bits per heavy atom. The second kappa shape index (κ2) is 17.9. The Kier molecular flexibility index (Phi) is 10.9. The van der Waals surface area contributed by atoms with Gasteiger partial charge in [0.2, 0.25) is 0 Å². The molecule has 324 valence electrons. The minimum Gasteiger partial charge on any atom is -0.493 e. The predicted molar refractivity (Wildman–Crippen MR) is 274 cm³/mol. The molecule has 0 saturated carbocycles. The van der Waals surface area contributed by atoms with E-state index in [2.05, 4.69) is 172 Å². The van der Waals surface area contributed by atoms with Crippen LogP contribution < -0.4 is 14.4 Å². The van der Waals surface area contributed by atoms with Crippen LogP contribution in [0.3, 0.4) is 0 Å². The van der Waals surface area contributed by atoms with Crippen molar-refractivity contribution in [3.05, 3.63) is 240 Å². The van der Waals surface area contributed by atoms with Gasteiger partial charge in [-0.15, -0.1) is 0 Å². The number of ether oxygens (including phenoxy) is 2. The highest BCUT2D eigenvalue weighted by atomic mass is 16.6. The van der Waals surface area contributed by atoms with Crippen LogP contribution in [0.5, 0.6) is 11.5 Å². The summed E-state index contributed by atoms with van der Waals surface area (Å²) in [6.45, 7) is 1.02. The van der Waals surface area contributed by atoms with Crippen LogP contribution in [-0.2, 0) is 0 Å². The average Bonchev–Trinajstić information content (AvgIpc) is 3.90. The minimum absolute atomic E-state index is 0.0775. The SMILES string of the molecule is O=[N+]([O-])c1ccc(/C=C/c2ccc(OCCCOc3ccc(N(c4ccc(-n5c6ccccc6c6ccccc65)cc4)c4ccc(-n5c6ccccc6c6ccccc65)cc4)cc3)cc2)cc1. The summed E-state index contributed by atoms with van der Waals surface area (Å²) < 4.78 is 16.9. The van der Waals surface area contributed by atoms with Gasteiger partial charge in [-0.25, -0.2) is 0 Å². The Hall–Kier alpha value is -8.88. The molecular formula is C59H44N4O4. The highest BCUT2D eigenvalue weighted by Gasteiger charge is 2.17. The molecule has 0 fully saturated rings. The molecule has 11 aromatic rings. The maximum Gasteiger partial charge on any atom is 0.269 e. The number of hydrogen-bond acceptors (Lipinski definition) is 5. The lowest BCUT2D eigenvalue weighted by atomic mass is 10.1. The second-order valence-electron chi connectivity index (χ2n) is 16.4. The van der Waals surface area contributed by atoms with Gasteiger partial charge in [0, 0.05) is 68.5 Å². The van der Waals surface area contributed by atoms with Gasteiger partial charge in [-0.05, 0) is 132 Å². The monoisotopic (exact) mass is 872 g/mol. The summed E-state index contributed by atoms with van der Waals surface area (Å²) in [5.74, 6) is 1.57. The third-order valence-corrected chi connectivity index (χ3v) is 12.3. The molecule has 0 amide bonds. The molecule has 2 heterocycles. The number of nitro groups is 1. The summed E-state index contributed by atoms with van der Waals surface area (Å²) in [6, 6.07) is 74.7. The largest absolute Gasteiger partial charge is 0.493 e. The number of non-ortho nitro benzene ring substituents is 1. The molecule has 0 spiro atoms. The topological polar surface area (TPSA) is 74.7 Å². The van der Waals surface area contributed by atoms with E-state index in [1.165, 1.54) is 55.7 Å². The summed E-state index contributed by atoms with van der Waals surface area (Å²) in [7, 11) is 0. The fourth-order valence-electron chi connectivity index (χ4n) is 9.06. The van der Waals surface area contributed by atoms with Gasteiger partial charge in [-0.3, -0.25) is 10.1 Å². The maximum absolute atomic E-state index is 10.9. The molecule has 8 nitrogen and oxygen atoms in total. The Morgan fingerprint density at radius 3 is 1.12 bits per heavy atom. The molecule has 0 saturated heterocycles. The number of anilines is 3. The molecular weight excluding hydrogens is 829 g/mol. The Balaban J connectivity index is 0.814. The molecule has 0 aliphatic carbocycles. The molecule has 0 unspecified atom stereocenters. The van der Waals surface area contributed by atoms with Crippen molar-refractivity contribution in [1.82, 2.24) is 9.13 Å². The van der Waals surface area contributed by atoms with Gasteiger partial charge < -0.3 is 23.5 Å². The first-order valence-electron chi connectivity index (χ1n) is 22.4. The number of hydrogen-bond donors (Lipinski definition) is 0. The van der Waals surface area contributed by atoms with Crippen molar-refractivity contribution in [2.24, 2.45) is 0 Å². The van der Waals surface area contributed by atoms with Gasteiger partial charge in [0.1, 0.15) is 11.5 Å². The highest BCUT2D eigenvalue weighted by molar-refractivity contribution is 6.10. The summed E-state index contributed by atoms with van der Waals surface area (Å²) in [5, 5.41) is 15.9. The van der Waals surface area contributed by atoms with Crippen molar-refractivity contribution in [1.29, 1.82) is 0 Å². The van der Waals surface area contributed by atoms with Crippen molar-refractivity contribution in [3.63, 3.8) is 0 Å². The van der Waals surface area contributed by atoms with Gasteiger partial charge in [0.05, 0.1) is 40.2 Å². The molecule has 0 radical (unpaired) electrons. The summed E-state index contributed by atoms with van der Waals surface area (Å²) in [5.41, 5.74) is 12.0. The molecule has 0 aliphatic heterocycles. The molecule has 2 aromatic heterocycles. The number of aromatic nitrogens is 2. The van der Waals surface area contributed by atoms with Crippen molar-refractivity contribution in [2.75, 3.05) is 18.1 Å². The van der Waals surface area contributed by atoms with E-state index in [4.69, 9.17) is 9.47 Å². The third kappa shape index (κ3) is 8.13. The van der Waals surface area contributed by atoms with E-state index < -0.39 is 4.92 Å². The van der Waals surface area contributed by atoms with Crippen LogP contribution in [0.4, 0.5) is 22.7 Å². The highest BCUT2D eigenvalue weighted by Crippen LogP contribution is 2.39. The number of fused-ring (bicyclic) bond motifs is 6. The van der Waals surface area contributed by atoms with E-state index in [9.17, 15) is 10.1 Å². The van der Waals surface area contributed by atoms with Crippen LogP contribution in [0.2, 0.25) is 0 Å². The standard InChI is InChI=1S/C59H44N4O4/c64-63(65)49-24-20-42(21-25-49)18-19-43-22-36-50(37-23-43)66-40-9-41-67-51-38-34-46(35-39-51)60(44-26-30-47(31-27-44)61-56-14-5-1-10-52(56)53-11-2-6-15-57(53)61)45-28-32-48(33-29-45)62-58-16-7-3-12-54(58)55-13-4-8-17-59(55)62/h1-8,10-39H,9,40-41H2/b19-18+. The van der Waals surface area contributed by atoms with Crippen LogP contribution >= 0.6 is 0 Å². The molecule has 0 bridgehead atoms. The molecule has 67 heavy (non-hydrogen) atoms. The number of benzene rings is 9. The lowest BCUT2D eigenvalue weighted by molar-refractivity contribution is -0.384. The Labute approximate surface area is 387 Å². The van der Waals surface area contributed by atoms with E-state index in [-0.39, 0.29) is 5.69 Å². The Bertz CT molecular complexity index is 3290. The molecule has 9 aromatic carbocycles. The number of rotatable bonds is 14. The number of nitrogens with zero attached hydrogens (tertiary/aromatic N) is 4. The first-order chi connectivity index (χ1) is 33.1. The van der Waals surface area contributed by atoms with E-state index in [0.29, 0.717) is 19.6 Å². The van der Waals surface area contributed by atoms with Gasteiger partial charge in [-0.2, -0.15) is 0 Å². The molecule has 0 aliphatic rings. The van der Waals surface area contributed by atoms with E-state index in [1.807, 2.05) is 48.6 Å². The van der Waals surface area contributed by atoms with E-state index >= 15 is 0 Å². The molecule has 11 rings (SSSR count). The molecule has 0 N–H and O–H groups in total. The number of para-hydroxylation sites is 4. The van der Waals surface area contributed by atoms with Gasteiger partial charge in [0.25, 0.3) is 5.69 Å². The van der Waals surface area contributed by atoms with Crippen molar-refractivity contribution < 1.29 is 14.4 Å². The van der Waals surface area contributed by atoms with Crippen LogP contribution in [0.1, 0.15) is 17.5 Å². The Morgan fingerprint density at radius 1 is 0.418 bits per heavy atom. The van der Waals surface area contributed by atoms with Crippen LogP contribution in [-0.4, -0.2) is 27.3 Å². The van der Waals surface area contributed by atoms with Gasteiger partial charge >= 0.3 is 0 Å².